The molecule has 0 saturated heterocycles. The summed E-state index contributed by atoms with van der Waals surface area (Å²) in [5, 5.41) is 9.14. The average molecular weight is 287 g/mol. The van der Waals surface area contributed by atoms with E-state index in [4.69, 9.17) is 15.6 Å². The zero-order chi connectivity index (χ0) is 15.2. The Kier molecular flexibility index (Phi) is 13.0. The molecule has 0 aromatic rings. The largest absolute Gasteiger partial charge is 0.464 e. The van der Waals surface area contributed by atoms with Crippen LogP contribution in [0.4, 0.5) is 0 Å². The van der Waals surface area contributed by atoms with E-state index in [1.165, 1.54) is 58.3 Å². The molecule has 3 N–H and O–H groups in total. The normalized spacial score (nSPS) is 14.0. The minimum atomic E-state index is -0.918. The maximum atomic E-state index is 11.3. The lowest BCUT2D eigenvalue weighted by Gasteiger charge is -2.13. The molecule has 4 heteroatoms. The summed E-state index contributed by atoms with van der Waals surface area (Å²) in [5.74, 6) is -0.504. The molecular formula is C16H33NO3. The van der Waals surface area contributed by atoms with Crippen LogP contribution in [-0.4, -0.2) is 29.8 Å². The lowest BCUT2D eigenvalue weighted by atomic mass is 10.1. The van der Waals surface area contributed by atoms with E-state index in [-0.39, 0.29) is 0 Å². The Hall–Kier alpha value is -0.610. The molecule has 0 aliphatic carbocycles. The monoisotopic (exact) mass is 287 g/mol. The van der Waals surface area contributed by atoms with Gasteiger partial charge in [-0.2, -0.15) is 0 Å². The number of aliphatic hydroxyl groups excluding tert-OH is 1. The van der Waals surface area contributed by atoms with Crippen LogP contribution in [0.15, 0.2) is 0 Å². The summed E-state index contributed by atoms with van der Waals surface area (Å²) in [6, 6.07) is -0.918. The highest BCUT2D eigenvalue weighted by Crippen LogP contribution is 2.10. The number of unbranched alkanes of at least 4 members (excludes halogenated alkanes) is 9. The van der Waals surface area contributed by atoms with Crippen LogP contribution in [0.5, 0.6) is 0 Å². The first-order valence-corrected chi connectivity index (χ1v) is 8.19. The summed E-state index contributed by atoms with van der Waals surface area (Å²) in [5.41, 5.74) is 5.47. The quantitative estimate of drug-likeness (QED) is 0.403. The SMILES string of the molecule is CCCCCCCCCCCCOC(=O)[C@@H](N)[C@@H](C)O. The van der Waals surface area contributed by atoms with Gasteiger partial charge in [-0.05, 0) is 13.3 Å². The Morgan fingerprint density at radius 2 is 1.45 bits per heavy atom. The van der Waals surface area contributed by atoms with Crippen LogP contribution in [0.25, 0.3) is 0 Å². The van der Waals surface area contributed by atoms with Crippen LogP contribution < -0.4 is 5.73 Å². The van der Waals surface area contributed by atoms with Crippen molar-refractivity contribution in [1.29, 1.82) is 0 Å². The van der Waals surface area contributed by atoms with Gasteiger partial charge in [-0.1, -0.05) is 64.7 Å². The summed E-state index contributed by atoms with van der Waals surface area (Å²) >= 11 is 0. The van der Waals surface area contributed by atoms with Gasteiger partial charge < -0.3 is 15.6 Å². The van der Waals surface area contributed by atoms with Crippen LogP contribution in [0, 0.1) is 0 Å². The Balaban J connectivity index is 3.23. The molecule has 0 rings (SSSR count). The highest BCUT2D eigenvalue weighted by atomic mass is 16.5. The van der Waals surface area contributed by atoms with Crippen molar-refractivity contribution in [1.82, 2.24) is 0 Å². The Morgan fingerprint density at radius 1 is 1.00 bits per heavy atom. The molecule has 0 amide bonds. The number of rotatable bonds is 13. The van der Waals surface area contributed by atoms with Crippen LogP contribution >= 0.6 is 0 Å². The molecule has 4 nitrogen and oxygen atoms in total. The first-order valence-electron chi connectivity index (χ1n) is 8.19. The average Bonchev–Trinajstić information content (AvgIpc) is 2.43. The predicted octanol–water partition coefficient (Wildman–Crippen LogP) is 3.16. The van der Waals surface area contributed by atoms with Gasteiger partial charge in [0.25, 0.3) is 0 Å². The number of hydrogen-bond donors (Lipinski definition) is 2. The summed E-state index contributed by atoms with van der Waals surface area (Å²) in [7, 11) is 0. The van der Waals surface area contributed by atoms with E-state index in [1.54, 1.807) is 0 Å². The number of ether oxygens (including phenoxy) is 1. The number of carbonyl (C=O) groups excluding carboxylic acids is 1. The van der Waals surface area contributed by atoms with E-state index in [2.05, 4.69) is 6.92 Å². The summed E-state index contributed by atoms with van der Waals surface area (Å²) < 4.78 is 5.01. The van der Waals surface area contributed by atoms with Gasteiger partial charge in [-0.3, -0.25) is 4.79 Å². The highest BCUT2D eigenvalue weighted by Gasteiger charge is 2.19. The maximum Gasteiger partial charge on any atom is 0.325 e. The number of nitrogens with two attached hydrogens (primary N) is 1. The van der Waals surface area contributed by atoms with Gasteiger partial charge >= 0.3 is 5.97 Å². The Labute approximate surface area is 124 Å². The first kappa shape index (κ1) is 19.4. The molecule has 0 fully saturated rings. The molecule has 0 radical (unpaired) electrons. The molecule has 0 aromatic carbocycles. The molecule has 2 atom stereocenters. The molecule has 20 heavy (non-hydrogen) atoms. The predicted molar refractivity (Wildman–Crippen MR) is 82.5 cm³/mol. The Morgan fingerprint density at radius 3 is 1.90 bits per heavy atom. The third kappa shape index (κ3) is 11.2. The fourth-order valence-electron chi connectivity index (χ4n) is 2.06. The van der Waals surface area contributed by atoms with Crippen LogP contribution in [0.1, 0.15) is 78.1 Å². The minimum Gasteiger partial charge on any atom is -0.464 e. The fourth-order valence-corrected chi connectivity index (χ4v) is 2.06. The van der Waals surface area contributed by atoms with Gasteiger partial charge in [0.05, 0.1) is 12.7 Å². The van der Waals surface area contributed by atoms with Gasteiger partial charge in [0.15, 0.2) is 0 Å². The van der Waals surface area contributed by atoms with Gasteiger partial charge in [-0.25, -0.2) is 0 Å². The van der Waals surface area contributed by atoms with Crippen molar-refractivity contribution in [2.24, 2.45) is 5.73 Å². The van der Waals surface area contributed by atoms with Crippen LogP contribution in [-0.2, 0) is 9.53 Å². The molecule has 0 bridgehead atoms. The lowest BCUT2D eigenvalue weighted by Crippen LogP contribution is -2.41. The number of esters is 1. The zero-order valence-electron chi connectivity index (χ0n) is 13.3. The summed E-state index contributed by atoms with van der Waals surface area (Å²) in [6.45, 7) is 4.14. The number of carbonyl (C=O) groups is 1. The van der Waals surface area contributed by atoms with Gasteiger partial charge in [0.1, 0.15) is 6.04 Å². The first-order chi connectivity index (χ1) is 9.59. The zero-order valence-corrected chi connectivity index (χ0v) is 13.3. The molecule has 0 heterocycles. The van der Waals surface area contributed by atoms with Crippen molar-refractivity contribution in [2.75, 3.05) is 6.61 Å². The molecule has 120 valence electrons. The van der Waals surface area contributed by atoms with Crippen LogP contribution in [0.2, 0.25) is 0 Å². The number of aliphatic hydroxyl groups is 1. The molecule has 0 saturated carbocycles. The van der Waals surface area contributed by atoms with E-state index >= 15 is 0 Å². The highest BCUT2D eigenvalue weighted by molar-refractivity contribution is 5.76. The van der Waals surface area contributed by atoms with Crippen molar-refractivity contribution in [2.45, 2.75) is 90.2 Å². The third-order valence-corrected chi connectivity index (χ3v) is 3.53. The van der Waals surface area contributed by atoms with Gasteiger partial charge in [0, 0.05) is 0 Å². The van der Waals surface area contributed by atoms with Crippen molar-refractivity contribution in [3.05, 3.63) is 0 Å². The van der Waals surface area contributed by atoms with Crippen molar-refractivity contribution in [3.63, 3.8) is 0 Å². The molecule has 0 aliphatic heterocycles. The van der Waals surface area contributed by atoms with E-state index in [1.807, 2.05) is 0 Å². The van der Waals surface area contributed by atoms with Crippen molar-refractivity contribution in [3.8, 4) is 0 Å². The fraction of sp³-hybridized carbons (Fsp3) is 0.938. The molecular weight excluding hydrogens is 254 g/mol. The molecule has 0 spiro atoms. The van der Waals surface area contributed by atoms with E-state index in [0.717, 1.165) is 12.8 Å². The standard InChI is InChI=1S/C16H33NO3/c1-3-4-5-6-7-8-9-10-11-12-13-20-16(19)15(17)14(2)18/h14-15,18H,3-13,17H2,1-2H3/t14-,15+/m1/s1. The second kappa shape index (κ2) is 13.4. The maximum absolute atomic E-state index is 11.3. The third-order valence-electron chi connectivity index (χ3n) is 3.53. The number of hydrogen-bond acceptors (Lipinski definition) is 4. The topological polar surface area (TPSA) is 72.5 Å². The van der Waals surface area contributed by atoms with Gasteiger partial charge in [-0.15, -0.1) is 0 Å². The summed E-state index contributed by atoms with van der Waals surface area (Å²) in [6.07, 6.45) is 11.7. The molecule has 0 aliphatic rings. The van der Waals surface area contributed by atoms with E-state index in [9.17, 15) is 4.79 Å². The van der Waals surface area contributed by atoms with E-state index in [0.29, 0.717) is 6.61 Å². The lowest BCUT2D eigenvalue weighted by molar-refractivity contribution is -0.147. The smallest absolute Gasteiger partial charge is 0.325 e. The Bertz CT molecular complexity index is 232. The minimum absolute atomic E-state index is 0.412. The summed E-state index contributed by atoms with van der Waals surface area (Å²) in [4.78, 5) is 11.3. The van der Waals surface area contributed by atoms with Crippen LogP contribution in [0.3, 0.4) is 0 Å². The second-order valence-electron chi connectivity index (χ2n) is 5.62. The molecule has 0 unspecified atom stereocenters. The van der Waals surface area contributed by atoms with Gasteiger partial charge in [0.2, 0.25) is 0 Å². The second-order valence-corrected chi connectivity index (χ2v) is 5.62. The van der Waals surface area contributed by atoms with E-state index < -0.39 is 18.1 Å². The molecule has 0 aromatic heterocycles. The van der Waals surface area contributed by atoms with Crippen molar-refractivity contribution >= 4 is 5.97 Å². The van der Waals surface area contributed by atoms with Crippen molar-refractivity contribution < 1.29 is 14.6 Å².